The average molecular weight is 175 g/mol. The van der Waals surface area contributed by atoms with E-state index >= 15 is 0 Å². The van der Waals surface area contributed by atoms with Crippen LogP contribution in [0.2, 0.25) is 0 Å². The minimum Gasteiger partial charge on any atom is -0.313 e. The molecule has 0 aliphatic heterocycles. The Morgan fingerprint density at radius 1 is 1.67 bits per heavy atom. The van der Waals surface area contributed by atoms with Gasteiger partial charge < -0.3 is 5.32 Å². The molecule has 0 aromatic carbocycles. The first-order chi connectivity index (χ1) is 5.75. The first kappa shape index (κ1) is 9.12. The van der Waals surface area contributed by atoms with Crippen LogP contribution in [0.4, 0.5) is 8.78 Å². The molecule has 68 valence electrons. The van der Waals surface area contributed by atoms with Crippen molar-refractivity contribution in [2.24, 2.45) is 0 Å². The first-order valence-corrected chi connectivity index (χ1v) is 3.76. The molecule has 0 unspecified atom stereocenters. The Hall–Kier alpha value is -0.970. The predicted molar refractivity (Wildman–Crippen MR) is 40.9 cm³/mol. The van der Waals surface area contributed by atoms with Gasteiger partial charge in [0.1, 0.15) is 5.69 Å². The van der Waals surface area contributed by atoms with Crippen LogP contribution in [0.15, 0.2) is 6.20 Å². The number of hydrogen-bond acceptors (Lipinski definition) is 2. The molecule has 1 heterocycles. The van der Waals surface area contributed by atoms with Gasteiger partial charge in [0.25, 0.3) is 6.43 Å². The minimum atomic E-state index is -2.47. The Bertz CT molecular complexity index is 234. The van der Waals surface area contributed by atoms with E-state index in [-0.39, 0.29) is 5.69 Å². The molecule has 5 heteroatoms. The van der Waals surface area contributed by atoms with Crippen molar-refractivity contribution in [1.29, 1.82) is 0 Å². The van der Waals surface area contributed by atoms with Gasteiger partial charge in [-0.05, 0) is 6.54 Å². The molecule has 0 aliphatic rings. The lowest BCUT2D eigenvalue weighted by Crippen LogP contribution is -2.12. The molecule has 3 nitrogen and oxygen atoms in total. The fourth-order valence-electron chi connectivity index (χ4n) is 0.911. The second kappa shape index (κ2) is 4.15. The topological polar surface area (TPSA) is 40.7 Å². The zero-order chi connectivity index (χ0) is 8.97. The van der Waals surface area contributed by atoms with Crippen molar-refractivity contribution in [1.82, 2.24) is 15.5 Å². The van der Waals surface area contributed by atoms with Crippen molar-refractivity contribution in [3.8, 4) is 0 Å². The van der Waals surface area contributed by atoms with Gasteiger partial charge in [0.15, 0.2) is 0 Å². The van der Waals surface area contributed by atoms with Gasteiger partial charge >= 0.3 is 0 Å². The summed E-state index contributed by atoms with van der Waals surface area (Å²) in [4.78, 5) is 0. The van der Waals surface area contributed by atoms with Crippen molar-refractivity contribution in [2.45, 2.75) is 19.9 Å². The molecule has 0 atom stereocenters. The highest BCUT2D eigenvalue weighted by Crippen LogP contribution is 2.19. The van der Waals surface area contributed by atoms with Crippen molar-refractivity contribution in [3.63, 3.8) is 0 Å². The number of nitrogens with one attached hydrogen (secondary N) is 2. The second-order valence-corrected chi connectivity index (χ2v) is 2.39. The number of H-pyrrole nitrogens is 1. The molecule has 1 aromatic rings. The Kier molecular flexibility index (Phi) is 3.16. The maximum atomic E-state index is 12.2. The van der Waals surface area contributed by atoms with E-state index < -0.39 is 6.43 Å². The number of aromatic nitrogens is 2. The Balaban J connectivity index is 2.64. The van der Waals surface area contributed by atoms with E-state index in [1.807, 2.05) is 6.92 Å². The third kappa shape index (κ3) is 2.01. The number of rotatable bonds is 4. The van der Waals surface area contributed by atoms with E-state index in [1.165, 1.54) is 6.20 Å². The second-order valence-electron chi connectivity index (χ2n) is 2.39. The Morgan fingerprint density at radius 3 is 3.00 bits per heavy atom. The quantitative estimate of drug-likeness (QED) is 0.727. The van der Waals surface area contributed by atoms with E-state index in [2.05, 4.69) is 15.5 Å². The van der Waals surface area contributed by atoms with Gasteiger partial charge in [0.05, 0.1) is 6.20 Å². The summed E-state index contributed by atoms with van der Waals surface area (Å²) in [6.07, 6.45) is -1.05. The van der Waals surface area contributed by atoms with Crippen LogP contribution >= 0.6 is 0 Å². The molecule has 0 spiro atoms. The van der Waals surface area contributed by atoms with Crippen LogP contribution in [0.3, 0.4) is 0 Å². The zero-order valence-corrected chi connectivity index (χ0v) is 6.77. The molecule has 1 rings (SSSR count). The summed E-state index contributed by atoms with van der Waals surface area (Å²) in [5.41, 5.74) is 0.447. The summed E-state index contributed by atoms with van der Waals surface area (Å²) < 4.78 is 24.4. The van der Waals surface area contributed by atoms with Crippen molar-refractivity contribution in [3.05, 3.63) is 17.5 Å². The van der Waals surface area contributed by atoms with Crippen LogP contribution in [-0.4, -0.2) is 16.7 Å². The molecular formula is C7H11F2N3. The van der Waals surface area contributed by atoms with Gasteiger partial charge in [0, 0.05) is 12.1 Å². The smallest absolute Gasteiger partial charge is 0.280 e. The van der Waals surface area contributed by atoms with E-state index in [1.54, 1.807) is 0 Å². The molecule has 0 bridgehead atoms. The van der Waals surface area contributed by atoms with Crippen molar-refractivity contribution >= 4 is 0 Å². The molecule has 0 fully saturated rings. The highest BCUT2D eigenvalue weighted by atomic mass is 19.3. The third-order valence-corrected chi connectivity index (χ3v) is 1.54. The lowest BCUT2D eigenvalue weighted by Gasteiger charge is -2.01. The molecule has 0 aliphatic carbocycles. The molecular weight excluding hydrogens is 164 g/mol. The standard InChI is InChI=1S/C7H11F2N3/c1-2-10-3-5-4-11-12-6(5)7(8)9/h4,7,10H,2-3H2,1H3,(H,11,12). The number of hydrogen-bond donors (Lipinski definition) is 2. The summed E-state index contributed by atoms with van der Waals surface area (Å²) in [6.45, 7) is 3.11. The van der Waals surface area contributed by atoms with E-state index in [0.717, 1.165) is 6.54 Å². The third-order valence-electron chi connectivity index (χ3n) is 1.54. The van der Waals surface area contributed by atoms with Gasteiger partial charge in [-0.3, -0.25) is 5.10 Å². The van der Waals surface area contributed by atoms with Gasteiger partial charge in [-0.2, -0.15) is 5.10 Å². The lowest BCUT2D eigenvalue weighted by molar-refractivity contribution is 0.144. The molecule has 1 aromatic heterocycles. The minimum absolute atomic E-state index is 0.0871. The first-order valence-electron chi connectivity index (χ1n) is 3.76. The number of aromatic amines is 1. The average Bonchev–Trinajstić information content (AvgIpc) is 2.48. The summed E-state index contributed by atoms with van der Waals surface area (Å²) in [7, 11) is 0. The molecule has 0 saturated heterocycles. The zero-order valence-electron chi connectivity index (χ0n) is 6.77. The molecule has 0 saturated carbocycles. The maximum Gasteiger partial charge on any atom is 0.280 e. The summed E-state index contributed by atoms with van der Waals surface area (Å²) in [5.74, 6) is 0. The van der Waals surface area contributed by atoms with E-state index in [4.69, 9.17) is 0 Å². The predicted octanol–water partition coefficient (Wildman–Crippen LogP) is 1.46. The molecule has 12 heavy (non-hydrogen) atoms. The SMILES string of the molecule is CCNCc1cn[nH]c1C(F)F. The Labute approximate surface area is 69.2 Å². The van der Waals surface area contributed by atoms with E-state index in [9.17, 15) is 8.78 Å². The number of nitrogens with zero attached hydrogens (tertiary/aromatic N) is 1. The van der Waals surface area contributed by atoms with Gasteiger partial charge in [-0.15, -0.1) is 0 Å². The largest absolute Gasteiger partial charge is 0.313 e. The van der Waals surface area contributed by atoms with Gasteiger partial charge in [0.2, 0.25) is 0 Å². The summed E-state index contributed by atoms with van der Waals surface area (Å²) in [6, 6.07) is 0. The highest BCUT2D eigenvalue weighted by Gasteiger charge is 2.13. The molecule has 0 amide bonds. The van der Waals surface area contributed by atoms with Crippen molar-refractivity contribution in [2.75, 3.05) is 6.54 Å². The van der Waals surface area contributed by atoms with Gasteiger partial charge in [-0.1, -0.05) is 6.92 Å². The van der Waals surface area contributed by atoms with Crippen molar-refractivity contribution < 1.29 is 8.78 Å². The molecule has 0 radical (unpaired) electrons. The van der Waals surface area contributed by atoms with Crippen LogP contribution < -0.4 is 5.32 Å². The fraction of sp³-hybridized carbons (Fsp3) is 0.571. The van der Waals surface area contributed by atoms with Crippen LogP contribution in [-0.2, 0) is 6.54 Å². The number of alkyl halides is 2. The lowest BCUT2D eigenvalue weighted by atomic mass is 10.2. The maximum absolute atomic E-state index is 12.2. The molecule has 2 N–H and O–H groups in total. The summed E-state index contributed by atoms with van der Waals surface area (Å²) >= 11 is 0. The number of halogens is 2. The Morgan fingerprint density at radius 2 is 2.42 bits per heavy atom. The monoisotopic (exact) mass is 175 g/mol. The fourth-order valence-corrected chi connectivity index (χ4v) is 0.911. The normalized spacial score (nSPS) is 11.0. The van der Waals surface area contributed by atoms with Crippen LogP contribution in [0.1, 0.15) is 24.6 Å². The van der Waals surface area contributed by atoms with Gasteiger partial charge in [-0.25, -0.2) is 8.78 Å². The summed E-state index contributed by atoms with van der Waals surface area (Å²) in [5, 5.41) is 8.78. The van der Waals surface area contributed by atoms with E-state index in [0.29, 0.717) is 12.1 Å². The van der Waals surface area contributed by atoms with Crippen LogP contribution in [0.25, 0.3) is 0 Å². The highest BCUT2D eigenvalue weighted by molar-refractivity contribution is 5.16. The van der Waals surface area contributed by atoms with Crippen LogP contribution in [0.5, 0.6) is 0 Å². The van der Waals surface area contributed by atoms with Crippen LogP contribution in [0, 0.1) is 0 Å².